The van der Waals surface area contributed by atoms with Gasteiger partial charge in [-0.05, 0) is 0 Å². The maximum absolute atomic E-state index is 2.97. The Hall–Kier alpha value is -2.19. The van der Waals surface area contributed by atoms with Crippen LogP contribution in [0.3, 0.4) is 0 Å². The third kappa shape index (κ3) is 6.24. The molecule has 47 heavy (non-hydrogen) atoms. The Labute approximate surface area is 301 Å². The molecule has 1 aliphatic heterocycles. The van der Waals surface area contributed by atoms with Gasteiger partial charge in [0.15, 0.2) is 0 Å². The fourth-order valence-electron chi connectivity index (χ4n) is 8.62. The van der Waals surface area contributed by atoms with Gasteiger partial charge in [0.2, 0.25) is 0 Å². The molecule has 0 bridgehead atoms. The average molecular weight is 828 g/mol. The maximum atomic E-state index is 2.65. The summed E-state index contributed by atoms with van der Waals surface area (Å²) in [7, 11) is 0. The fourth-order valence-corrected chi connectivity index (χ4v) is 37.5. The van der Waals surface area contributed by atoms with Crippen LogP contribution < -0.4 is 24.8 Å². The van der Waals surface area contributed by atoms with Crippen LogP contribution in [0.4, 0.5) is 0 Å². The molecule has 0 aromatic heterocycles. The van der Waals surface area contributed by atoms with Crippen molar-refractivity contribution in [3.05, 3.63) is 129 Å². The Kier molecular flexibility index (Phi) is 10.7. The van der Waals surface area contributed by atoms with Crippen molar-refractivity contribution in [3.8, 4) is 22.3 Å². The largest absolute Gasteiger partial charge is 1.00 e. The maximum Gasteiger partial charge on any atom is -1.00 e. The van der Waals surface area contributed by atoms with Crippen molar-refractivity contribution in [1.82, 2.24) is 0 Å². The van der Waals surface area contributed by atoms with Crippen LogP contribution in [-0.2, 0) is 20.0 Å². The van der Waals surface area contributed by atoms with Crippen LogP contribution in [0.2, 0.25) is 8.35 Å². The van der Waals surface area contributed by atoms with Gasteiger partial charge in [0.25, 0.3) is 0 Å². The second kappa shape index (κ2) is 14.0. The molecular formula is C44H50Cl2Hf. The van der Waals surface area contributed by atoms with E-state index < -0.39 is 20.0 Å². The van der Waals surface area contributed by atoms with E-state index in [1.807, 2.05) is 0 Å². The second-order valence-corrected chi connectivity index (χ2v) is 32.0. The van der Waals surface area contributed by atoms with E-state index in [2.05, 4.69) is 152 Å². The van der Waals surface area contributed by atoms with Crippen LogP contribution in [0.1, 0.15) is 108 Å². The Morgan fingerprint density at radius 1 is 0.468 bits per heavy atom. The molecule has 3 heteroatoms. The van der Waals surface area contributed by atoms with Crippen LogP contribution in [0.5, 0.6) is 0 Å². The van der Waals surface area contributed by atoms with Crippen molar-refractivity contribution in [1.29, 1.82) is 0 Å². The van der Waals surface area contributed by atoms with Crippen LogP contribution in [0.25, 0.3) is 34.4 Å². The molecule has 0 amide bonds. The fraction of sp³-hybridized carbons (Fsp3) is 0.364. The summed E-state index contributed by atoms with van der Waals surface area (Å²) >= 11 is -2.97. The zero-order valence-electron chi connectivity index (χ0n) is 29.4. The van der Waals surface area contributed by atoms with Gasteiger partial charge in [0, 0.05) is 0 Å². The second-order valence-electron chi connectivity index (χ2n) is 15.4. The normalized spacial score (nSPS) is 18.2. The van der Waals surface area contributed by atoms with Gasteiger partial charge in [-0.2, -0.15) is 0 Å². The van der Waals surface area contributed by atoms with E-state index in [1.54, 1.807) is 22.3 Å². The Bertz CT molecular complexity index is 1670. The average Bonchev–Trinajstić information content (AvgIpc) is 3.54. The third-order valence-electron chi connectivity index (χ3n) is 11.3. The summed E-state index contributed by atoms with van der Waals surface area (Å²) in [6.07, 6.45) is 5.30. The first-order chi connectivity index (χ1) is 21.6. The van der Waals surface area contributed by atoms with E-state index in [4.69, 9.17) is 0 Å². The molecule has 3 aliphatic rings. The molecular weight excluding hydrogens is 778 g/mol. The zero-order valence-corrected chi connectivity index (χ0v) is 34.5. The summed E-state index contributed by atoms with van der Waals surface area (Å²) in [5, 5.41) is 0. The molecule has 0 saturated carbocycles. The molecule has 0 spiro atoms. The van der Waals surface area contributed by atoms with Crippen molar-refractivity contribution in [2.45, 2.75) is 82.9 Å². The summed E-state index contributed by atoms with van der Waals surface area (Å²) in [5.41, 5.74) is 18.2. The van der Waals surface area contributed by atoms with Gasteiger partial charge in [-0.25, -0.2) is 0 Å². The van der Waals surface area contributed by atoms with Crippen molar-refractivity contribution in [2.24, 2.45) is 11.8 Å². The zero-order chi connectivity index (χ0) is 31.6. The molecule has 0 nitrogen and oxygen atoms in total. The minimum atomic E-state index is -2.97. The number of allylic oxidation sites excluding steroid dienone is 2. The molecule has 2 unspecified atom stereocenters. The molecule has 7 rings (SSSR count). The van der Waals surface area contributed by atoms with Crippen LogP contribution >= 0.6 is 0 Å². The Morgan fingerprint density at radius 3 is 1.13 bits per heavy atom. The predicted octanol–water partition coefficient (Wildman–Crippen LogP) is 7.17. The minimum absolute atomic E-state index is 0. The number of rotatable bonds is 8. The smallest absolute Gasteiger partial charge is 1.00 e. The monoisotopic (exact) mass is 828 g/mol. The van der Waals surface area contributed by atoms with Crippen molar-refractivity contribution in [2.75, 3.05) is 0 Å². The Morgan fingerprint density at radius 2 is 0.830 bits per heavy atom. The molecule has 0 N–H and O–H groups in total. The number of halogens is 2. The van der Waals surface area contributed by atoms with Crippen LogP contribution in [0.15, 0.2) is 96.1 Å². The first-order valence-electron chi connectivity index (χ1n) is 17.5. The van der Waals surface area contributed by atoms with Gasteiger partial charge in [-0.15, -0.1) is 0 Å². The SMILES string of the molecule is CC(C)C1=Cc2c(-c3ccc(C(C)C)cc3)cccc2[CH]1[Hf+2]1([CH]2C(C(C)C)=Cc3c(-c4ccc(C(C)C)cc4)cccc32)[CH2][CH2]1.[Cl-].[Cl-]. The van der Waals surface area contributed by atoms with E-state index in [-0.39, 0.29) is 24.8 Å². The van der Waals surface area contributed by atoms with Crippen molar-refractivity contribution in [3.63, 3.8) is 0 Å². The quantitative estimate of drug-likeness (QED) is 0.166. The third-order valence-corrected chi connectivity index (χ3v) is 30.1. The van der Waals surface area contributed by atoms with Crippen molar-refractivity contribution >= 4 is 12.2 Å². The molecule has 1 heterocycles. The number of fused-ring (bicyclic) bond motifs is 2. The molecule has 4 aromatic carbocycles. The molecule has 0 radical (unpaired) electrons. The van der Waals surface area contributed by atoms with Gasteiger partial charge in [-0.3, -0.25) is 0 Å². The number of benzene rings is 4. The summed E-state index contributed by atoms with van der Waals surface area (Å²) in [5.74, 6) is 2.24. The van der Waals surface area contributed by atoms with Gasteiger partial charge >= 0.3 is 279 Å². The molecule has 2 atom stereocenters. The molecule has 1 saturated heterocycles. The van der Waals surface area contributed by atoms with Gasteiger partial charge < -0.3 is 24.8 Å². The van der Waals surface area contributed by atoms with Crippen molar-refractivity contribution < 1.29 is 44.8 Å². The minimum Gasteiger partial charge on any atom is -1.00 e. The number of hydrogen-bond donors (Lipinski definition) is 0. The summed E-state index contributed by atoms with van der Waals surface area (Å²) in [6.45, 7) is 18.9. The van der Waals surface area contributed by atoms with E-state index in [0.29, 0.717) is 31.0 Å². The first kappa shape index (κ1) is 36.1. The van der Waals surface area contributed by atoms with Crippen LogP contribution in [-0.4, -0.2) is 0 Å². The summed E-state index contributed by atoms with van der Waals surface area (Å²) in [6, 6.07) is 33.3. The standard InChI is InChI=1S/2C21H23.C2H4.2ClH.Hf/c2*1-14(2)16-8-10-17(11-9-16)20-7-5-6-18-12-19(15(3)4)13-21(18)20;1-2;;;/h2*5-15H,1-4H3;1-2H2;2*1H;/q;;;;;+2/p-2. The van der Waals surface area contributed by atoms with Crippen LogP contribution in [0, 0.1) is 11.8 Å². The first-order valence-corrected chi connectivity index (χ1v) is 26.7. The van der Waals surface area contributed by atoms with E-state index in [0.717, 1.165) is 0 Å². The molecule has 1 fully saturated rings. The molecule has 244 valence electrons. The van der Waals surface area contributed by atoms with E-state index in [1.165, 1.54) is 52.9 Å². The van der Waals surface area contributed by atoms with E-state index >= 15 is 0 Å². The topological polar surface area (TPSA) is 0 Å². The van der Waals surface area contributed by atoms with Gasteiger partial charge in [-0.1, -0.05) is 0 Å². The molecule has 4 aromatic rings. The number of hydrogen-bond acceptors (Lipinski definition) is 0. The van der Waals surface area contributed by atoms with E-state index in [9.17, 15) is 0 Å². The predicted molar refractivity (Wildman–Crippen MR) is 193 cm³/mol. The Balaban J connectivity index is 0.00000217. The molecule has 2 aliphatic carbocycles. The van der Waals surface area contributed by atoms with Gasteiger partial charge in [0.1, 0.15) is 0 Å². The van der Waals surface area contributed by atoms with Gasteiger partial charge in [0.05, 0.1) is 0 Å². The summed E-state index contributed by atoms with van der Waals surface area (Å²) in [4.78, 5) is 0. The summed E-state index contributed by atoms with van der Waals surface area (Å²) < 4.78 is 4.37.